The van der Waals surface area contributed by atoms with E-state index in [9.17, 15) is 0 Å². The molecule has 0 N–H and O–H groups in total. The quantitative estimate of drug-likeness (QED) is 0.0997. The standard InChI is InChI=1S/C56H51N2.CH3.Co/c1-40-38-41(2)53(42(3)39-40)54(49-34-36-51(57-49)55(43-22-10-4-11-23-43,44-24-12-5-13-25-44)45-26-14-6-15-27-45)50-35-37-52(58-50)56(46-28-16-7-17-29-46,47-30-18-8-19-31-47)48-32-20-9-21-33-48;;/h4-8,10-19,22-31,34-39,48H,9,20-21,32-33H2,1-3H3;1H3;/q2*-1;+2/b54-49+;;. The smallest absolute Gasteiger partial charge is 0.660 e. The molecule has 2 aliphatic rings. The summed E-state index contributed by atoms with van der Waals surface area (Å²) in [5.74, 6) is 0.423. The molecule has 1 fully saturated rings. The second-order valence-electron chi connectivity index (χ2n) is 16.3. The Morgan fingerprint density at radius 1 is 0.533 bits per heavy atom. The fourth-order valence-corrected chi connectivity index (χ4v) is 10.5. The van der Waals surface area contributed by atoms with Gasteiger partial charge in [-0.2, -0.15) is 0 Å². The summed E-state index contributed by atoms with van der Waals surface area (Å²) in [5, 5.41) is 0. The molecular formula is C57H54CoN2. The largest absolute Gasteiger partial charge is 2.00 e. The number of benzene rings is 6. The van der Waals surface area contributed by atoms with E-state index in [1.165, 1.54) is 82.2 Å². The molecule has 0 spiro atoms. The predicted octanol–water partition coefficient (Wildman–Crippen LogP) is 13.7. The Hall–Kier alpha value is -5.74. The molecule has 60 heavy (non-hydrogen) atoms. The van der Waals surface area contributed by atoms with E-state index < -0.39 is 10.8 Å². The van der Waals surface area contributed by atoms with Crippen LogP contribution in [-0.4, -0.2) is 5.71 Å². The van der Waals surface area contributed by atoms with Crippen molar-refractivity contribution in [3.05, 3.63) is 263 Å². The summed E-state index contributed by atoms with van der Waals surface area (Å²) in [4.78, 5) is 11.6. The average Bonchev–Trinajstić information content (AvgIpc) is 3.97. The number of aromatic nitrogens is 1. The van der Waals surface area contributed by atoms with Crippen LogP contribution in [0, 0.1) is 34.1 Å². The van der Waals surface area contributed by atoms with Crippen LogP contribution in [0.1, 0.15) is 93.6 Å². The number of allylic oxidation sites excluding steroid dienone is 2. The van der Waals surface area contributed by atoms with Crippen LogP contribution in [0.15, 0.2) is 199 Å². The molecule has 6 aromatic carbocycles. The van der Waals surface area contributed by atoms with Gasteiger partial charge in [0, 0.05) is 5.41 Å². The van der Waals surface area contributed by atoms with Crippen molar-refractivity contribution in [2.75, 3.05) is 0 Å². The second-order valence-corrected chi connectivity index (χ2v) is 16.3. The van der Waals surface area contributed by atoms with Crippen molar-refractivity contribution in [2.24, 2.45) is 10.9 Å². The van der Waals surface area contributed by atoms with Gasteiger partial charge in [-0.15, -0.1) is 11.4 Å². The maximum absolute atomic E-state index is 5.84. The summed E-state index contributed by atoms with van der Waals surface area (Å²) in [5.41, 5.74) is 15.1. The molecule has 0 amide bonds. The van der Waals surface area contributed by atoms with Crippen molar-refractivity contribution in [3.63, 3.8) is 0 Å². The van der Waals surface area contributed by atoms with Gasteiger partial charge < -0.3 is 12.4 Å². The van der Waals surface area contributed by atoms with E-state index in [-0.39, 0.29) is 24.2 Å². The minimum atomic E-state index is -0.647. The summed E-state index contributed by atoms with van der Waals surface area (Å²) in [6, 6.07) is 64.2. The van der Waals surface area contributed by atoms with Crippen molar-refractivity contribution in [3.8, 4) is 0 Å². The Bertz CT molecular complexity index is 2440. The molecule has 0 atom stereocenters. The van der Waals surface area contributed by atoms with Crippen LogP contribution in [0.4, 0.5) is 0 Å². The van der Waals surface area contributed by atoms with E-state index in [2.05, 4.69) is 209 Å². The molecule has 1 aliphatic heterocycles. The summed E-state index contributed by atoms with van der Waals surface area (Å²) in [6.07, 6.45) is 10.6. The number of hydrogen-bond donors (Lipinski definition) is 0. The molecule has 0 bridgehead atoms. The molecule has 1 aromatic heterocycles. The van der Waals surface area contributed by atoms with Crippen LogP contribution < -0.4 is 4.98 Å². The fourth-order valence-electron chi connectivity index (χ4n) is 10.5. The number of nitrogens with zero attached hydrogens (tertiary/aromatic N) is 2. The molecule has 0 saturated heterocycles. The number of aliphatic imine (C=N–C) groups is 1. The molecule has 1 saturated carbocycles. The van der Waals surface area contributed by atoms with Crippen LogP contribution in [0.3, 0.4) is 0 Å². The van der Waals surface area contributed by atoms with Crippen molar-refractivity contribution in [2.45, 2.75) is 63.7 Å². The predicted molar refractivity (Wildman–Crippen MR) is 248 cm³/mol. The van der Waals surface area contributed by atoms with E-state index >= 15 is 0 Å². The fraction of sp³-hybridized carbons (Fsp3) is 0.193. The zero-order valence-electron chi connectivity index (χ0n) is 35.2. The van der Waals surface area contributed by atoms with Crippen molar-refractivity contribution < 1.29 is 16.8 Å². The third-order valence-electron chi connectivity index (χ3n) is 12.8. The number of aryl methyl sites for hydroxylation is 3. The minimum Gasteiger partial charge on any atom is -0.660 e. The Morgan fingerprint density at radius 2 is 0.967 bits per heavy atom. The van der Waals surface area contributed by atoms with Gasteiger partial charge in [-0.3, -0.25) is 4.99 Å². The first-order valence-electron chi connectivity index (χ1n) is 21.0. The van der Waals surface area contributed by atoms with Gasteiger partial charge in [-0.05, 0) is 102 Å². The first kappa shape index (κ1) is 42.4. The van der Waals surface area contributed by atoms with Gasteiger partial charge in [0.2, 0.25) is 0 Å². The first-order valence-corrected chi connectivity index (χ1v) is 21.0. The van der Waals surface area contributed by atoms with E-state index in [0.29, 0.717) is 5.92 Å². The van der Waals surface area contributed by atoms with Gasteiger partial charge >= 0.3 is 16.8 Å². The topological polar surface area (TPSA) is 26.5 Å². The Labute approximate surface area is 368 Å². The third kappa shape index (κ3) is 7.39. The normalized spacial score (nSPS) is 15.2. The van der Waals surface area contributed by atoms with Gasteiger partial charge in [0.25, 0.3) is 0 Å². The maximum Gasteiger partial charge on any atom is 2.00 e. The maximum atomic E-state index is 5.84. The molecule has 1 aliphatic carbocycles. The van der Waals surface area contributed by atoms with Crippen LogP contribution in [0.5, 0.6) is 0 Å². The van der Waals surface area contributed by atoms with Gasteiger partial charge in [-0.25, -0.2) is 0 Å². The molecule has 2 nitrogen and oxygen atoms in total. The SMILES string of the molecule is Cc1cc(C)c(/C(=C2\C=CC(C(c3ccccc3)(c3ccccc3)c3ccccc3)=N2)c2ccc(C(c3ccccc3)(c3ccccc3)C3CCCCC3)[n-]2)c(C)c1.[CH3-].[Co+2]. The summed E-state index contributed by atoms with van der Waals surface area (Å²) in [6.45, 7) is 6.67. The summed E-state index contributed by atoms with van der Waals surface area (Å²) < 4.78 is 0. The molecule has 301 valence electrons. The number of rotatable bonds is 10. The molecular weight excluding hydrogens is 772 g/mol. The Balaban J connectivity index is 0.00000272. The molecule has 3 heteroatoms. The van der Waals surface area contributed by atoms with E-state index in [1.807, 2.05) is 0 Å². The zero-order chi connectivity index (χ0) is 39.5. The summed E-state index contributed by atoms with van der Waals surface area (Å²) in [7, 11) is 0. The van der Waals surface area contributed by atoms with Crippen LogP contribution in [0.25, 0.3) is 5.57 Å². The zero-order valence-corrected chi connectivity index (χ0v) is 36.3. The molecule has 2 heterocycles. The van der Waals surface area contributed by atoms with E-state index in [0.717, 1.165) is 28.4 Å². The van der Waals surface area contributed by atoms with Gasteiger partial charge in [0.15, 0.2) is 0 Å². The van der Waals surface area contributed by atoms with Crippen LogP contribution >= 0.6 is 0 Å². The molecule has 1 radical (unpaired) electrons. The molecule has 0 unspecified atom stereocenters. The van der Waals surface area contributed by atoms with E-state index in [1.54, 1.807) is 0 Å². The van der Waals surface area contributed by atoms with Crippen molar-refractivity contribution in [1.82, 2.24) is 4.98 Å². The van der Waals surface area contributed by atoms with Crippen LogP contribution in [0.2, 0.25) is 0 Å². The second kappa shape index (κ2) is 18.3. The monoisotopic (exact) mass is 825 g/mol. The molecule has 9 rings (SSSR count). The Kier molecular flexibility index (Phi) is 12.9. The molecule has 7 aromatic rings. The first-order chi connectivity index (χ1) is 28.5. The van der Waals surface area contributed by atoms with Gasteiger partial charge in [-0.1, -0.05) is 201 Å². The third-order valence-corrected chi connectivity index (χ3v) is 12.8. The van der Waals surface area contributed by atoms with Crippen molar-refractivity contribution >= 4 is 11.3 Å². The minimum absolute atomic E-state index is 0. The van der Waals surface area contributed by atoms with Crippen LogP contribution in [-0.2, 0) is 27.6 Å². The summed E-state index contributed by atoms with van der Waals surface area (Å²) >= 11 is 0. The van der Waals surface area contributed by atoms with Gasteiger partial charge in [0.1, 0.15) is 0 Å². The van der Waals surface area contributed by atoms with Crippen molar-refractivity contribution in [1.29, 1.82) is 0 Å². The Morgan fingerprint density at radius 3 is 1.42 bits per heavy atom. The average molecular weight is 826 g/mol. The van der Waals surface area contributed by atoms with Gasteiger partial charge in [0.05, 0.1) is 16.8 Å². The number of hydrogen-bond acceptors (Lipinski definition) is 1. The van der Waals surface area contributed by atoms with E-state index in [4.69, 9.17) is 9.98 Å².